The Labute approximate surface area is 178 Å². The number of allylic oxidation sites excluding steroid dienone is 1. The van der Waals surface area contributed by atoms with Gasteiger partial charge in [-0.2, -0.15) is 0 Å². The fourth-order valence-corrected chi connectivity index (χ4v) is 4.15. The van der Waals surface area contributed by atoms with Crippen LogP contribution >= 0.6 is 34.5 Å². The number of carbonyl (C=O) groups is 1. The molecule has 1 aromatic carbocycles. The van der Waals surface area contributed by atoms with Crippen LogP contribution in [0.3, 0.4) is 0 Å². The fraction of sp³-hybridized carbons (Fsp3) is 0.316. The number of hydrazine groups is 1. The average molecular weight is 445 g/mol. The van der Waals surface area contributed by atoms with Gasteiger partial charge >= 0.3 is 0 Å². The van der Waals surface area contributed by atoms with E-state index >= 15 is 0 Å². The van der Waals surface area contributed by atoms with Crippen LogP contribution in [0, 0.1) is 5.82 Å². The summed E-state index contributed by atoms with van der Waals surface area (Å²) in [4.78, 5) is 13.1. The molecule has 0 radical (unpaired) electrons. The van der Waals surface area contributed by atoms with Gasteiger partial charge in [0.25, 0.3) is 5.91 Å². The van der Waals surface area contributed by atoms with Gasteiger partial charge in [-0.25, -0.2) is 10.2 Å². The van der Waals surface area contributed by atoms with Gasteiger partial charge in [0.15, 0.2) is 0 Å². The third-order valence-corrected chi connectivity index (χ3v) is 5.88. The lowest BCUT2D eigenvalue weighted by atomic mass is 10.1. The Kier molecular flexibility index (Phi) is 8.27. The van der Waals surface area contributed by atoms with E-state index < -0.39 is 0 Å². The Morgan fingerprint density at radius 1 is 1.39 bits per heavy atom. The van der Waals surface area contributed by atoms with E-state index in [-0.39, 0.29) is 24.3 Å². The molecule has 0 saturated heterocycles. The molecule has 2 aromatic rings. The molecular weight excluding hydrogens is 422 g/mol. The number of hydrogen-bond donors (Lipinski definition) is 3. The summed E-state index contributed by atoms with van der Waals surface area (Å²) in [5.41, 5.74) is 7.71. The first kappa shape index (κ1) is 22.6. The number of benzene rings is 1. The maximum Gasteiger partial charge on any atom is 0.261 e. The molecule has 1 atom stereocenters. The average Bonchev–Trinajstić information content (AvgIpc) is 3.02. The first-order chi connectivity index (χ1) is 13.3. The van der Waals surface area contributed by atoms with E-state index in [0.29, 0.717) is 38.3 Å². The summed E-state index contributed by atoms with van der Waals surface area (Å²) in [5, 5.41) is 4.80. The Balaban J connectivity index is 2.20. The summed E-state index contributed by atoms with van der Waals surface area (Å²) < 4.78 is 13.8. The Morgan fingerprint density at radius 2 is 2.11 bits per heavy atom. The monoisotopic (exact) mass is 444 g/mol. The van der Waals surface area contributed by atoms with Gasteiger partial charge in [-0.1, -0.05) is 42.3 Å². The molecule has 0 fully saturated rings. The molecule has 0 aliphatic heterocycles. The van der Waals surface area contributed by atoms with E-state index in [2.05, 4.69) is 5.32 Å². The zero-order valence-corrected chi connectivity index (χ0v) is 18.0. The number of nitrogens with one attached hydrogen (secondary N) is 1. The topological polar surface area (TPSA) is 84.4 Å². The summed E-state index contributed by atoms with van der Waals surface area (Å²) in [6, 6.07) is 7.53. The molecule has 152 valence electrons. The summed E-state index contributed by atoms with van der Waals surface area (Å²) in [6.07, 6.45) is 0.999. The second-order valence-electron chi connectivity index (χ2n) is 6.26. The van der Waals surface area contributed by atoms with Crippen LogP contribution in [0.2, 0.25) is 4.34 Å². The van der Waals surface area contributed by atoms with E-state index in [9.17, 15) is 9.18 Å². The van der Waals surface area contributed by atoms with Crippen LogP contribution in [0.1, 0.15) is 34.1 Å². The molecule has 0 unspecified atom stereocenters. The lowest BCUT2D eigenvalue weighted by Crippen LogP contribution is -2.41. The van der Waals surface area contributed by atoms with Crippen molar-refractivity contribution in [2.45, 2.75) is 25.8 Å². The molecule has 5 N–H and O–H groups in total. The van der Waals surface area contributed by atoms with Crippen molar-refractivity contribution < 1.29 is 9.18 Å². The van der Waals surface area contributed by atoms with Crippen LogP contribution in [0.25, 0.3) is 5.70 Å². The number of nitrogens with zero attached hydrogens (tertiary/aromatic N) is 1. The van der Waals surface area contributed by atoms with Crippen LogP contribution < -0.4 is 16.9 Å². The zero-order valence-electron chi connectivity index (χ0n) is 15.6. The quantitative estimate of drug-likeness (QED) is 0.424. The smallest absolute Gasteiger partial charge is 0.261 e. The zero-order chi connectivity index (χ0) is 20.8. The van der Waals surface area contributed by atoms with Crippen LogP contribution in [-0.4, -0.2) is 30.6 Å². The van der Waals surface area contributed by atoms with Crippen molar-refractivity contribution in [3.05, 3.63) is 61.5 Å². The molecule has 2 rings (SSSR count). The summed E-state index contributed by atoms with van der Waals surface area (Å²) >= 11 is 13.8. The van der Waals surface area contributed by atoms with Gasteiger partial charge in [-0.3, -0.25) is 4.79 Å². The normalized spacial score (nSPS) is 13.1. The standard InChI is InChI=1S/C19H23Cl2FN4OS/c1-3-15(20)17(26(2)24)14-9-16(28-18(14)21)19(27)25-13(10-23)8-11-5-4-6-12(22)7-11/h4-7,9,13H,3,8,10,23-24H2,1-2H3,(H,25,27)/b17-15+/t13-/m0/s1. The molecule has 1 heterocycles. The van der Waals surface area contributed by atoms with Gasteiger partial charge in [0.1, 0.15) is 10.2 Å². The summed E-state index contributed by atoms with van der Waals surface area (Å²) in [7, 11) is 1.66. The van der Waals surface area contributed by atoms with E-state index in [1.54, 1.807) is 25.2 Å². The van der Waals surface area contributed by atoms with Gasteiger partial charge in [-0.15, -0.1) is 11.3 Å². The van der Waals surface area contributed by atoms with Gasteiger partial charge in [-0.05, 0) is 36.6 Å². The number of nitrogens with two attached hydrogens (primary N) is 2. The Bertz CT molecular complexity index is 869. The first-order valence-electron chi connectivity index (χ1n) is 8.68. The Morgan fingerprint density at radius 3 is 2.68 bits per heavy atom. The second kappa shape index (κ2) is 10.2. The van der Waals surface area contributed by atoms with E-state index in [0.717, 1.165) is 16.9 Å². The second-order valence-corrected chi connectivity index (χ2v) is 8.37. The Hall–Kier alpha value is -1.64. The van der Waals surface area contributed by atoms with Gasteiger partial charge in [0.2, 0.25) is 0 Å². The third kappa shape index (κ3) is 5.68. The molecule has 0 spiro atoms. The summed E-state index contributed by atoms with van der Waals surface area (Å²) in [5.74, 6) is 5.25. The first-order valence-corrected chi connectivity index (χ1v) is 10.3. The van der Waals surface area contributed by atoms with E-state index in [4.69, 9.17) is 34.8 Å². The van der Waals surface area contributed by atoms with Crippen molar-refractivity contribution in [3.63, 3.8) is 0 Å². The molecule has 0 aliphatic rings. The maximum absolute atomic E-state index is 13.4. The van der Waals surface area contributed by atoms with Crippen molar-refractivity contribution in [2.24, 2.45) is 11.6 Å². The van der Waals surface area contributed by atoms with Crippen molar-refractivity contribution in [3.8, 4) is 0 Å². The fourth-order valence-electron chi connectivity index (χ4n) is 2.74. The van der Waals surface area contributed by atoms with Crippen molar-refractivity contribution in [1.29, 1.82) is 0 Å². The number of amides is 1. The summed E-state index contributed by atoms with van der Waals surface area (Å²) in [6.45, 7) is 2.12. The molecule has 5 nitrogen and oxygen atoms in total. The molecule has 0 saturated carbocycles. The number of thiophene rings is 1. The number of rotatable bonds is 8. The predicted octanol–water partition coefficient (Wildman–Crippen LogP) is 3.96. The maximum atomic E-state index is 13.4. The highest BCUT2D eigenvalue weighted by molar-refractivity contribution is 7.18. The van der Waals surface area contributed by atoms with Crippen molar-refractivity contribution in [1.82, 2.24) is 10.3 Å². The van der Waals surface area contributed by atoms with Crippen LogP contribution in [-0.2, 0) is 6.42 Å². The minimum Gasteiger partial charge on any atom is -0.347 e. The van der Waals surface area contributed by atoms with Gasteiger partial charge in [0.05, 0.1) is 10.6 Å². The molecule has 0 aliphatic carbocycles. The highest BCUT2D eigenvalue weighted by Crippen LogP contribution is 2.36. The minimum atomic E-state index is -0.343. The van der Waals surface area contributed by atoms with Crippen LogP contribution in [0.15, 0.2) is 35.4 Å². The third-order valence-electron chi connectivity index (χ3n) is 4.08. The SMILES string of the molecule is CC/C(Cl)=C(/c1cc(C(=O)N[C@H](CN)Cc2cccc(F)c2)sc1Cl)N(C)N. The highest BCUT2D eigenvalue weighted by atomic mass is 35.5. The minimum absolute atomic E-state index is 0.215. The number of carbonyl (C=O) groups excluding carboxylic acids is 1. The van der Waals surface area contributed by atoms with E-state index in [1.807, 2.05) is 6.92 Å². The molecule has 9 heteroatoms. The lowest BCUT2D eigenvalue weighted by Gasteiger charge is -2.18. The molecule has 1 amide bonds. The van der Waals surface area contributed by atoms with Crippen molar-refractivity contribution in [2.75, 3.05) is 13.6 Å². The van der Waals surface area contributed by atoms with Crippen LogP contribution in [0.4, 0.5) is 4.39 Å². The number of halogens is 3. The molecule has 1 aromatic heterocycles. The van der Waals surface area contributed by atoms with Gasteiger partial charge in [0, 0.05) is 30.2 Å². The highest BCUT2D eigenvalue weighted by Gasteiger charge is 2.21. The lowest BCUT2D eigenvalue weighted by molar-refractivity contribution is 0.0942. The van der Waals surface area contributed by atoms with E-state index in [1.165, 1.54) is 17.1 Å². The molecular formula is C19H23Cl2FN4OS. The molecule has 0 bridgehead atoms. The molecule has 28 heavy (non-hydrogen) atoms. The number of hydrogen-bond acceptors (Lipinski definition) is 5. The largest absolute Gasteiger partial charge is 0.347 e. The van der Waals surface area contributed by atoms with Crippen molar-refractivity contribution >= 4 is 46.1 Å². The van der Waals surface area contributed by atoms with Crippen LogP contribution in [0.5, 0.6) is 0 Å². The predicted molar refractivity (Wildman–Crippen MR) is 115 cm³/mol. The van der Waals surface area contributed by atoms with Gasteiger partial charge < -0.3 is 16.1 Å².